The van der Waals surface area contributed by atoms with Crippen molar-refractivity contribution in [2.75, 3.05) is 32.4 Å². The highest BCUT2D eigenvalue weighted by atomic mass is 32.2. The Labute approximate surface area is 144 Å². The molecule has 0 spiro atoms. The lowest BCUT2D eigenvalue weighted by molar-refractivity contribution is 0.0532. The Bertz CT molecular complexity index is 713. The Hall–Kier alpha value is -2.41. The molecule has 1 aliphatic rings. The van der Waals surface area contributed by atoms with Crippen LogP contribution < -0.4 is 0 Å². The van der Waals surface area contributed by atoms with Crippen molar-refractivity contribution in [3.05, 3.63) is 54.1 Å². The first kappa shape index (κ1) is 16.4. The smallest absolute Gasteiger partial charge is 0.274 e. The van der Waals surface area contributed by atoms with E-state index in [9.17, 15) is 9.59 Å². The molecular weight excluding hydrogens is 324 g/mol. The van der Waals surface area contributed by atoms with Crippen molar-refractivity contribution in [2.24, 2.45) is 0 Å². The number of aromatic nitrogens is 2. The van der Waals surface area contributed by atoms with Gasteiger partial charge in [0.15, 0.2) is 0 Å². The van der Waals surface area contributed by atoms with E-state index in [0.717, 1.165) is 4.90 Å². The highest BCUT2D eigenvalue weighted by molar-refractivity contribution is 7.98. The highest BCUT2D eigenvalue weighted by Gasteiger charge is 2.26. The maximum atomic E-state index is 12.5. The third-order valence-electron chi connectivity index (χ3n) is 3.97. The zero-order valence-electron chi connectivity index (χ0n) is 13.4. The molecule has 3 rings (SSSR count). The van der Waals surface area contributed by atoms with Crippen molar-refractivity contribution in [1.29, 1.82) is 0 Å². The first-order chi connectivity index (χ1) is 11.7. The van der Waals surface area contributed by atoms with Gasteiger partial charge in [-0.05, 0) is 30.5 Å². The van der Waals surface area contributed by atoms with Gasteiger partial charge < -0.3 is 9.80 Å². The van der Waals surface area contributed by atoms with Crippen LogP contribution in [0.1, 0.15) is 20.8 Å². The lowest BCUT2D eigenvalue weighted by atomic mass is 10.2. The van der Waals surface area contributed by atoms with E-state index in [1.807, 2.05) is 30.5 Å². The van der Waals surface area contributed by atoms with Crippen LogP contribution in [-0.2, 0) is 0 Å². The predicted molar refractivity (Wildman–Crippen MR) is 92.1 cm³/mol. The van der Waals surface area contributed by atoms with Gasteiger partial charge in [0, 0.05) is 49.0 Å². The second-order valence-corrected chi connectivity index (χ2v) is 6.28. The number of hydrogen-bond acceptors (Lipinski definition) is 5. The number of carbonyl (C=O) groups is 2. The van der Waals surface area contributed by atoms with Crippen molar-refractivity contribution in [3.63, 3.8) is 0 Å². The number of nitrogens with zero attached hydrogens (tertiary/aromatic N) is 4. The molecule has 0 unspecified atom stereocenters. The van der Waals surface area contributed by atoms with Crippen LogP contribution in [0.15, 0.2) is 47.8 Å². The summed E-state index contributed by atoms with van der Waals surface area (Å²) in [5.41, 5.74) is 1.02. The Morgan fingerprint density at radius 2 is 1.58 bits per heavy atom. The van der Waals surface area contributed by atoms with E-state index in [1.54, 1.807) is 21.6 Å². The molecule has 1 fully saturated rings. The number of rotatable bonds is 3. The summed E-state index contributed by atoms with van der Waals surface area (Å²) in [6.45, 7) is 2.05. The molecule has 2 amide bonds. The third kappa shape index (κ3) is 3.56. The van der Waals surface area contributed by atoms with Crippen molar-refractivity contribution >= 4 is 23.6 Å². The number of amides is 2. The summed E-state index contributed by atoms with van der Waals surface area (Å²) < 4.78 is 0. The summed E-state index contributed by atoms with van der Waals surface area (Å²) in [4.78, 5) is 37.5. The largest absolute Gasteiger partial charge is 0.335 e. The van der Waals surface area contributed by atoms with Crippen LogP contribution in [0, 0.1) is 0 Å². The van der Waals surface area contributed by atoms with Crippen molar-refractivity contribution < 1.29 is 9.59 Å². The molecule has 24 heavy (non-hydrogen) atoms. The first-order valence-corrected chi connectivity index (χ1v) is 8.90. The molecule has 1 aromatic carbocycles. The summed E-state index contributed by atoms with van der Waals surface area (Å²) in [7, 11) is 0. The van der Waals surface area contributed by atoms with E-state index < -0.39 is 0 Å². The van der Waals surface area contributed by atoms with Gasteiger partial charge in [0.25, 0.3) is 11.8 Å². The number of thioether (sulfide) groups is 1. The molecule has 2 aromatic rings. The fraction of sp³-hybridized carbons (Fsp3) is 0.294. The van der Waals surface area contributed by atoms with Gasteiger partial charge in [0.1, 0.15) is 5.69 Å². The van der Waals surface area contributed by atoms with Gasteiger partial charge in [-0.25, -0.2) is 4.98 Å². The van der Waals surface area contributed by atoms with Gasteiger partial charge in [-0.3, -0.25) is 14.6 Å². The summed E-state index contributed by atoms with van der Waals surface area (Å²) in [5.74, 6) is -0.131. The van der Waals surface area contributed by atoms with E-state index >= 15 is 0 Å². The van der Waals surface area contributed by atoms with Crippen LogP contribution in [0.2, 0.25) is 0 Å². The normalized spacial score (nSPS) is 14.5. The number of benzene rings is 1. The minimum absolute atomic E-state index is 0.00857. The highest BCUT2D eigenvalue weighted by Crippen LogP contribution is 2.17. The van der Waals surface area contributed by atoms with Crippen LogP contribution in [0.3, 0.4) is 0 Å². The zero-order valence-corrected chi connectivity index (χ0v) is 14.2. The number of piperazine rings is 1. The van der Waals surface area contributed by atoms with E-state index in [2.05, 4.69) is 9.97 Å². The van der Waals surface area contributed by atoms with E-state index in [1.165, 1.54) is 18.6 Å². The molecule has 0 bridgehead atoms. The molecule has 1 saturated heterocycles. The number of carbonyl (C=O) groups excluding carboxylic acids is 2. The lowest BCUT2D eigenvalue weighted by Crippen LogP contribution is -2.50. The van der Waals surface area contributed by atoms with Crippen molar-refractivity contribution in [3.8, 4) is 0 Å². The van der Waals surface area contributed by atoms with Gasteiger partial charge in [-0.2, -0.15) is 0 Å². The molecule has 2 heterocycles. The van der Waals surface area contributed by atoms with Crippen molar-refractivity contribution in [2.45, 2.75) is 4.90 Å². The molecule has 0 atom stereocenters. The van der Waals surface area contributed by atoms with Crippen LogP contribution in [0.4, 0.5) is 0 Å². The van der Waals surface area contributed by atoms with Crippen LogP contribution in [-0.4, -0.2) is 64.0 Å². The second-order valence-electron chi connectivity index (χ2n) is 5.40. The summed E-state index contributed by atoms with van der Waals surface area (Å²) >= 11 is 1.65. The summed E-state index contributed by atoms with van der Waals surface area (Å²) in [6, 6.07) is 7.61. The number of hydrogen-bond donors (Lipinski definition) is 0. The van der Waals surface area contributed by atoms with Crippen LogP contribution in [0.25, 0.3) is 0 Å². The monoisotopic (exact) mass is 342 g/mol. The molecule has 7 heteroatoms. The maximum Gasteiger partial charge on any atom is 0.274 e. The molecular formula is C17H18N4O2S. The standard InChI is InChI=1S/C17H18N4O2S/c1-24-14-4-2-13(3-5-14)16(22)20-8-10-21(11-9-20)17(23)15-12-18-6-7-19-15/h2-7,12H,8-11H2,1H3. The van der Waals surface area contributed by atoms with Crippen LogP contribution >= 0.6 is 11.8 Å². The molecule has 6 nitrogen and oxygen atoms in total. The lowest BCUT2D eigenvalue weighted by Gasteiger charge is -2.34. The van der Waals surface area contributed by atoms with Gasteiger partial charge in [-0.15, -0.1) is 11.8 Å². The molecule has 0 aliphatic carbocycles. The Morgan fingerprint density at radius 1 is 0.958 bits per heavy atom. The van der Waals surface area contributed by atoms with Gasteiger partial charge in [0.2, 0.25) is 0 Å². The maximum absolute atomic E-state index is 12.5. The van der Waals surface area contributed by atoms with E-state index in [-0.39, 0.29) is 11.8 Å². The van der Waals surface area contributed by atoms with Gasteiger partial charge in [0.05, 0.1) is 6.20 Å². The second kappa shape index (κ2) is 7.44. The Morgan fingerprint density at radius 3 is 2.12 bits per heavy atom. The fourth-order valence-electron chi connectivity index (χ4n) is 2.60. The zero-order chi connectivity index (χ0) is 16.9. The minimum Gasteiger partial charge on any atom is -0.335 e. The SMILES string of the molecule is CSc1ccc(C(=O)N2CCN(C(=O)c3cnccn3)CC2)cc1. The average Bonchev–Trinajstić information content (AvgIpc) is 2.68. The quantitative estimate of drug-likeness (QED) is 0.796. The first-order valence-electron chi connectivity index (χ1n) is 7.67. The van der Waals surface area contributed by atoms with Gasteiger partial charge >= 0.3 is 0 Å². The molecule has 124 valence electrons. The molecule has 0 N–H and O–H groups in total. The summed E-state index contributed by atoms with van der Waals surface area (Å²) in [6.07, 6.45) is 6.51. The van der Waals surface area contributed by atoms with Gasteiger partial charge in [-0.1, -0.05) is 0 Å². The topological polar surface area (TPSA) is 66.4 Å². The van der Waals surface area contributed by atoms with E-state index in [0.29, 0.717) is 37.4 Å². The minimum atomic E-state index is -0.139. The van der Waals surface area contributed by atoms with E-state index in [4.69, 9.17) is 0 Å². The Balaban J connectivity index is 1.60. The summed E-state index contributed by atoms with van der Waals surface area (Å²) in [5, 5.41) is 0. The predicted octanol–water partition coefficient (Wildman–Crippen LogP) is 1.80. The molecule has 0 radical (unpaired) electrons. The fourth-order valence-corrected chi connectivity index (χ4v) is 3.01. The molecule has 1 aromatic heterocycles. The third-order valence-corrected chi connectivity index (χ3v) is 4.72. The molecule has 0 saturated carbocycles. The molecule has 1 aliphatic heterocycles. The average molecular weight is 342 g/mol. The van der Waals surface area contributed by atoms with Crippen molar-refractivity contribution in [1.82, 2.24) is 19.8 Å². The Kier molecular flexibility index (Phi) is 5.10. The van der Waals surface area contributed by atoms with Crippen LogP contribution in [0.5, 0.6) is 0 Å².